The minimum Gasteiger partial charge on any atom is -0.320 e. The lowest BCUT2D eigenvalue weighted by Gasteiger charge is -2.21. The summed E-state index contributed by atoms with van der Waals surface area (Å²) >= 11 is 6.09. The van der Waals surface area contributed by atoms with Crippen molar-refractivity contribution in [3.63, 3.8) is 0 Å². The summed E-state index contributed by atoms with van der Waals surface area (Å²) in [4.78, 5) is 0. The van der Waals surface area contributed by atoms with Crippen LogP contribution in [0.3, 0.4) is 0 Å². The summed E-state index contributed by atoms with van der Waals surface area (Å²) in [5.74, 6) is 0. The van der Waals surface area contributed by atoms with Crippen molar-refractivity contribution in [3.8, 4) is 0 Å². The minimum atomic E-state index is -3.66. The number of fused-ring (bicyclic) bond motifs is 1. The summed E-state index contributed by atoms with van der Waals surface area (Å²) in [6.07, 6.45) is 0.723. The average Bonchev–Trinajstić information content (AvgIpc) is 2.75. The Bertz CT molecular complexity index is 796. The van der Waals surface area contributed by atoms with Crippen molar-refractivity contribution in [3.05, 3.63) is 53.6 Å². The Hall–Kier alpha value is -1.76. The number of nitrogens with zero attached hydrogens (tertiary/aromatic N) is 2. The second-order valence-corrected chi connectivity index (χ2v) is 7.41. The Kier molecular flexibility index (Phi) is 4.48. The number of benzene rings is 2. The molecule has 1 heterocycles. The van der Waals surface area contributed by atoms with Gasteiger partial charge in [0.25, 0.3) is 0 Å². The maximum atomic E-state index is 13.0. The summed E-state index contributed by atoms with van der Waals surface area (Å²) in [5.41, 5.74) is 1.86. The van der Waals surface area contributed by atoms with Crippen LogP contribution in [-0.4, -0.2) is 28.6 Å². The number of nitrogens with one attached hydrogen (secondary N) is 1. The highest BCUT2D eigenvalue weighted by Gasteiger charge is 2.40. The van der Waals surface area contributed by atoms with Crippen LogP contribution >= 0.6 is 11.6 Å². The van der Waals surface area contributed by atoms with Crippen molar-refractivity contribution in [2.45, 2.75) is 6.42 Å². The number of halogens is 1. The van der Waals surface area contributed by atoms with E-state index >= 15 is 0 Å². The smallest absolute Gasteiger partial charge is 0.320 e. The van der Waals surface area contributed by atoms with Crippen molar-refractivity contribution in [1.82, 2.24) is 5.32 Å². The van der Waals surface area contributed by atoms with Crippen LogP contribution in [0.2, 0.25) is 5.02 Å². The second-order valence-electron chi connectivity index (χ2n) is 5.27. The number of rotatable bonds is 5. The lowest BCUT2D eigenvalue weighted by molar-refractivity contribution is 0.591. The number of hydrogen-bond donors (Lipinski definition) is 1. The Labute approximate surface area is 141 Å². The second kappa shape index (κ2) is 6.39. The van der Waals surface area contributed by atoms with E-state index in [1.807, 2.05) is 25.2 Å². The molecule has 0 saturated heterocycles. The molecule has 0 radical (unpaired) electrons. The molecule has 0 saturated carbocycles. The molecule has 0 spiro atoms. The molecule has 1 N–H and O–H groups in total. The quantitative estimate of drug-likeness (QED) is 0.842. The van der Waals surface area contributed by atoms with E-state index in [2.05, 4.69) is 5.32 Å². The number of anilines is 3. The molecule has 5 nitrogen and oxygen atoms in total. The lowest BCUT2D eigenvalue weighted by Crippen LogP contribution is -2.36. The molecule has 0 unspecified atom stereocenters. The number of hydrogen-bond acceptors (Lipinski definition) is 3. The maximum Gasteiger partial charge on any atom is 0.330 e. The van der Waals surface area contributed by atoms with Gasteiger partial charge in [0.1, 0.15) is 0 Å². The van der Waals surface area contributed by atoms with Crippen LogP contribution in [0.15, 0.2) is 48.5 Å². The summed E-state index contributed by atoms with van der Waals surface area (Å²) in [5, 5.41) is 3.55. The third kappa shape index (κ3) is 2.89. The molecule has 1 aliphatic heterocycles. The highest BCUT2D eigenvalue weighted by Crippen LogP contribution is 2.46. The molecule has 0 bridgehead atoms. The van der Waals surface area contributed by atoms with Gasteiger partial charge in [0.2, 0.25) is 0 Å². The van der Waals surface area contributed by atoms with Gasteiger partial charge in [0.05, 0.1) is 17.1 Å². The maximum absolute atomic E-state index is 13.0. The van der Waals surface area contributed by atoms with Gasteiger partial charge in [0.15, 0.2) is 0 Å². The molecule has 0 atom stereocenters. The molecule has 3 rings (SSSR count). The summed E-state index contributed by atoms with van der Waals surface area (Å²) in [6, 6.07) is 14.2. The van der Waals surface area contributed by atoms with E-state index in [-0.39, 0.29) is 0 Å². The molecule has 2 aromatic carbocycles. The van der Waals surface area contributed by atoms with Gasteiger partial charge in [-0.3, -0.25) is 4.31 Å². The fourth-order valence-electron chi connectivity index (χ4n) is 2.69. The van der Waals surface area contributed by atoms with Gasteiger partial charge in [-0.15, -0.1) is 0 Å². The van der Waals surface area contributed by atoms with Gasteiger partial charge in [-0.05, 0) is 50.3 Å². The molecular weight excluding hydrogens is 334 g/mol. The summed E-state index contributed by atoms with van der Waals surface area (Å²) in [7, 11) is -1.81. The molecular formula is C16H18ClN3O2S. The first kappa shape index (κ1) is 16.1. The molecule has 0 aromatic heterocycles. The Morgan fingerprint density at radius 2 is 1.83 bits per heavy atom. The predicted molar refractivity (Wildman–Crippen MR) is 94.8 cm³/mol. The average molecular weight is 352 g/mol. The largest absolute Gasteiger partial charge is 0.330 e. The van der Waals surface area contributed by atoms with Gasteiger partial charge in [-0.25, -0.2) is 4.31 Å². The fourth-order valence-corrected chi connectivity index (χ4v) is 4.60. The van der Waals surface area contributed by atoms with Crippen molar-refractivity contribution < 1.29 is 8.42 Å². The van der Waals surface area contributed by atoms with E-state index in [9.17, 15) is 8.42 Å². The Morgan fingerprint density at radius 3 is 2.52 bits per heavy atom. The van der Waals surface area contributed by atoms with Crippen LogP contribution in [0.4, 0.5) is 17.1 Å². The number of para-hydroxylation sites is 1. The van der Waals surface area contributed by atoms with E-state index in [1.165, 1.54) is 8.61 Å². The molecule has 0 fully saturated rings. The van der Waals surface area contributed by atoms with Crippen LogP contribution in [0, 0.1) is 0 Å². The summed E-state index contributed by atoms with van der Waals surface area (Å²) < 4.78 is 28.9. The summed E-state index contributed by atoms with van der Waals surface area (Å²) in [6.45, 7) is 1.17. The van der Waals surface area contributed by atoms with E-state index in [0.29, 0.717) is 28.6 Å². The molecule has 0 amide bonds. The Balaban J connectivity index is 2.09. The third-order valence-corrected chi connectivity index (χ3v) is 5.75. The molecule has 2 aromatic rings. The zero-order chi connectivity index (χ0) is 16.4. The standard InChI is InChI=1S/C16H18ClN3O2S/c1-18-10-5-11-19-15-9-8-13(17)12-16(15)20(23(19,21)22)14-6-3-2-4-7-14/h2-4,6-9,12,18H,5,10-11H2,1H3. The van der Waals surface area contributed by atoms with Gasteiger partial charge in [-0.2, -0.15) is 8.42 Å². The normalized spacial score (nSPS) is 15.7. The highest BCUT2D eigenvalue weighted by molar-refractivity contribution is 7.95. The minimum absolute atomic E-state index is 0.418. The van der Waals surface area contributed by atoms with E-state index in [1.54, 1.807) is 30.3 Å². The lowest BCUT2D eigenvalue weighted by atomic mass is 10.2. The van der Waals surface area contributed by atoms with Gasteiger partial charge in [0, 0.05) is 11.6 Å². The monoisotopic (exact) mass is 351 g/mol. The van der Waals surface area contributed by atoms with Crippen molar-refractivity contribution >= 4 is 38.9 Å². The SMILES string of the molecule is CNCCCN1c2ccc(Cl)cc2N(c2ccccc2)S1(=O)=O. The van der Waals surface area contributed by atoms with Crippen LogP contribution < -0.4 is 13.9 Å². The van der Waals surface area contributed by atoms with Crippen LogP contribution in [-0.2, 0) is 10.2 Å². The zero-order valence-electron chi connectivity index (χ0n) is 12.7. The van der Waals surface area contributed by atoms with E-state index in [4.69, 9.17) is 11.6 Å². The van der Waals surface area contributed by atoms with Crippen molar-refractivity contribution in [1.29, 1.82) is 0 Å². The first-order valence-electron chi connectivity index (χ1n) is 7.38. The highest BCUT2D eigenvalue weighted by atomic mass is 35.5. The first-order chi connectivity index (χ1) is 11.1. The molecule has 23 heavy (non-hydrogen) atoms. The zero-order valence-corrected chi connectivity index (χ0v) is 14.3. The van der Waals surface area contributed by atoms with Crippen molar-refractivity contribution in [2.24, 2.45) is 0 Å². The van der Waals surface area contributed by atoms with Crippen LogP contribution in [0.1, 0.15) is 6.42 Å². The van der Waals surface area contributed by atoms with Gasteiger partial charge < -0.3 is 5.32 Å². The van der Waals surface area contributed by atoms with Crippen molar-refractivity contribution in [2.75, 3.05) is 28.7 Å². The Morgan fingerprint density at radius 1 is 1.09 bits per heavy atom. The van der Waals surface area contributed by atoms with E-state index in [0.717, 1.165) is 13.0 Å². The topological polar surface area (TPSA) is 52.6 Å². The third-order valence-electron chi connectivity index (χ3n) is 3.71. The fraction of sp³-hybridized carbons (Fsp3) is 0.250. The predicted octanol–water partition coefficient (Wildman–Crippen LogP) is 3.15. The van der Waals surface area contributed by atoms with Crippen LogP contribution in [0.5, 0.6) is 0 Å². The molecule has 1 aliphatic rings. The molecule has 7 heteroatoms. The van der Waals surface area contributed by atoms with E-state index < -0.39 is 10.2 Å². The first-order valence-corrected chi connectivity index (χ1v) is 9.15. The van der Waals surface area contributed by atoms with Crippen LogP contribution in [0.25, 0.3) is 0 Å². The molecule has 122 valence electrons. The van der Waals surface area contributed by atoms with Gasteiger partial charge >= 0.3 is 10.2 Å². The molecule has 0 aliphatic carbocycles. The van der Waals surface area contributed by atoms with Gasteiger partial charge in [-0.1, -0.05) is 29.8 Å².